The molecule has 5 nitrogen and oxygen atoms in total. The van der Waals surface area contributed by atoms with Gasteiger partial charge in [-0.1, -0.05) is 12.1 Å². The molecule has 0 saturated heterocycles. The number of Topliss-reactive ketones (excluding diaryl/α,β-unsaturated/α-hetero) is 1. The first-order valence-corrected chi connectivity index (χ1v) is 7.96. The average molecular weight is 362 g/mol. The maximum Gasteiger partial charge on any atom is 0.387 e. The van der Waals surface area contributed by atoms with Crippen LogP contribution in [0.4, 0.5) is 14.5 Å². The van der Waals surface area contributed by atoms with E-state index in [0.29, 0.717) is 17.8 Å². The Morgan fingerprint density at radius 2 is 1.69 bits per heavy atom. The van der Waals surface area contributed by atoms with Crippen LogP contribution in [0.2, 0.25) is 0 Å². The van der Waals surface area contributed by atoms with Crippen molar-refractivity contribution in [2.75, 3.05) is 18.9 Å². The predicted octanol–water partition coefficient (Wildman–Crippen LogP) is 3.56. The van der Waals surface area contributed by atoms with Crippen molar-refractivity contribution < 1.29 is 23.1 Å². The SMILES string of the molecule is CC(=O)c1ccc(NC(=O)CN(C)Cc2ccc(OC(F)F)cc2)cc1. The zero-order valence-electron chi connectivity index (χ0n) is 14.5. The predicted molar refractivity (Wildman–Crippen MR) is 94.5 cm³/mol. The van der Waals surface area contributed by atoms with E-state index in [2.05, 4.69) is 10.1 Å². The van der Waals surface area contributed by atoms with Crippen molar-refractivity contribution in [3.05, 3.63) is 59.7 Å². The molecule has 0 bridgehead atoms. The average Bonchev–Trinajstić information content (AvgIpc) is 2.56. The maximum absolute atomic E-state index is 12.1. The van der Waals surface area contributed by atoms with E-state index < -0.39 is 6.61 Å². The van der Waals surface area contributed by atoms with Gasteiger partial charge in [-0.3, -0.25) is 14.5 Å². The number of halogens is 2. The van der Waals surface area contributed by atoms with Crippen LogP contribution in [0.1, 0.15) is 22.8 Å². The van der Waals surface area contributed by atoms with Crippen LogP contribution >= 0.6 is 0 Å². The molecular formula is C19H20F2N2O3. The van der Waals surface area contributed by atoms with E-state index in [1.165, 1.54) is 19.1 Å². The monoisotopic (exact) mass is 362 g/mol. The van der Waals surface area contributed by atoms with E-state index in [0.717, 1.165) is 5.56 Å². The van der Waals surface area contributed by atoms with Crippen LogP contribution in [0.15, 0.2) is 48.5 Å². The number of carbonyl (C=O) groups is 2. The molecule has 0 unspecified atom stereocenters. The Bertz CT molecular complexity index is 746. The largest absolute Gasteiger partial charge is 0.435 e. The Morgan fingerprint density at radius 3 is 2.23 bits per heavy atom. The number of hydrogen-bond acceptors (Lipinski definition) is 4. The van der Waals surface area contributed by atoms with Gasteiger partial charge in [0.2, 0.25) is 5.91 Å². The topological polar surface area (TPSA) is 58.6 Å². The quantitative estimate of drug-likeness (QED) is 0.730. The summed E-state index contributed by atoms with van der Waals surface area (Å²) in [5, 5.41) is 2.76. The highest BCUT2D eigenvalue weighted by atomic mass is 19.3. The third kappa shape index (κ3) is 6.25. The number of rotatable bonds is 8. The van der Waals surface area contributed by atoms with Crippen molar-refractivity contribution >= 4 is 17.4 Å². The van der Waals surface area contributed by atoms with Gasteiger partial charge >= 0.3 is 6.61 Å². The fourth-order valence-electron chi connectivity index (χ4n) is 2.38. The second-order valence-electron chi connectivity index (χ2n) is 5.88. The molecule has 1 amide bonds. The molecule has 26 heavy (non-hydrogen) atoms. The van der Waals surface area contributed by atoms with E-state index in [1.54, 1.807) is 48.3 Å². The summed E-state index contributed by atoms with van der Waals surface area (Å²) >= 11 is 0. The Kier molecular flexibility index (Phi) is 6.80. The highest BCUT2D eigenvalue weighted by Gasteiger charge is 2.09. The summed E-state index contributed by atoms with van der Waals surface area (Å²) < 4.78 is 28.5. The lowest BCUT2D eigenvalue weighted by atomic mass is 10.1. The van der Waals surface area contributed by atoms with Crippen LogP contribution in [0.5, 0.6) is 5.75 Å². The van der Waals surface area contributed by atoms with Crippen molar-refractivity contribution in [3.63, 3.8) is 0 Å². The fourth-order valence-corrected chi connectivity index (χ4v) is 2.38. The first kappa shape index (κ1) is 19.5. The second kappa shape index (κ2) is 9.05. The van der Waals surface area contributed by atoms with E-state index in [1.807, 2.05) is 0 Å². The molecule has 0 saturated carbocycles. The van der Waals surface area contributed by atoms with Crippen molar-refractivity contribution in [3.8, 4) is 5.75 Å². The Labute approximate surface area is 150 Å². The van der Waals surface area contributed by atoms with E-state index >= 15 is 0 Å². The van der Waals surface area contributed by atoms with Crippen molar-refractivity contribution in [1.29, 1.82) is 0 Å². The lowest BCUT2D eigenvalue weighted by molar-refractivity contribution is -0.117. The van der Waals surface area contributed by atoms with Gasteiger partial charge < -0.3 is 10.1 Å². The highest BCUT2D eigenvalue weighted by molar-refractivity contribution is 5.96. The highest BCUT2D eigenvalue weighted by Crippen LogP contribution is 2.16. The number of nitrogens with zero attached hydrogens (tertiary/aromatic N) is 1. The van der Waals surface area contributed by atoms with Crippen LogP contribution in [0, 0.1) is 0 Å². The summed E-state index contributed by atoms with van der Waals surface area (Å²) in [6.07, 6.45) is 0. The van der Waals surface area contributed by atoms with Crippen LogP contribution in [0.25, 0.3) is 0 Å². The zero-order valence-corrected chi connectivity index (χ0v) is 14.5. The number of carbonyl (C=O) groups excluding carboxylic acids is 2. The van der Waals surface area contributed by atoms with E-state index in [4.69, 9.17) is 0 Å². The third-order valence-electron chi connectivity index (χ3n) is 3.59. The number of ketones is 1. The molecule has 0 aliphatic rings. The van der Waals surface area contributed by atoms with Crippen molar-refractivity contribution in [2.24, 2.45) is 0 Å². The van der Waals surface area contributed by atoms with Crippen LogP contribution in [-0.2, 0) is 11.3 Å². The van der Waals surface area contributed by atoms with Crippen molar-refractivity contribution in [2.45, 2.75) is 20.1 Å². The minimum atomic E-state index is -2.85. The minimum Gasteiger partial charge on any atom is -0.435 e. The summed E-state index contributed by atoms with van der Waals surface area (Å²) in [5.74, 6) is -0.133. The Hall–Kier alpha value is -2.80. The molecule has 2 aromatic carbocycles. The first-order valence-electron chi connectivity index (χ1n) is 7.96. The summed E-state index contributed by atoms with van der Waals surface area (Å²) in [6, 6.07) is 12.9. The number of hydrogen-bond donors (Lipinski definition) is 1. The molecule has 1 N–H and O–H groups in total. The van der Waals surface area contributed by atoms with Gasteiger partial charge in [0.15, 0.2) is 5.78 Å². The summed E-state index contributed by atoms with van der Waals surface area (Å²) in [4.78, 5) is 25.1. The molecule has 2 aromatic rings. The summed E-state index contributed by atoms with van der Waals surface area (Å²) in [5.41, 5.74) is 2.06. The molecule has 0 spiro atoms. The van der Waals surface area contributed by atoms with Gasteiger partial charge in [0.1, 0.15) is 5.75 Å². The molecule has 0 heterocycles. The lowest BCUT2D eigenvalue weighted by Gasteiger charge is -2.16. The first-order chi connectivity index (χ1) is 12.3. The molecule has 7 heteroatoms. The molecule has 0 atom stereocenters. The Morgan fingerprint density at radius 1 is 1.08 bits per heavy atom. The number of amides is 1. The number of nitrogens with one attached hydrogen (secondary N) is 1. The van der Waals surface area contributed by atoms with Crippen molar-refractivity contribution in [1.82, 2.24) is 4.90 Å². The molecular weight excluding hydrogens is 342 g/mol. The molecule has 0 aliphatic heterocycles. The smallest absolute Gasteiger partial charge is 0.387 e. The number of ether oxygens (including phenoxy) is 1. The van der Waals surface area contributed by atoms with Gasteiger partial charge in [0.05, 0.1) is 6.54 Å². The molecule has 2 rings (SSSR count). The van der Waals surface area contributed by atoms with Gasteiger partial charge in [-0.2, -0.15) is 8.78 Å². The van der Waals surface area contributed by atoms with E-state index in [9.17, 15) is 18.4 Å². The molecule has 0 aliphatic carbocycles. The molecule has 138 valence electrons. The molecule has 0 fully saturated rings. The van der Waals surface area contributed by atoms with E-state index in [-0.39, 0.29) is 24.0 Å². The second-order valence-corrected chi connectivity index (χ2v) is 5.88. The number of alkyl halides is 2. The maximum atomic E-state index is 12.1. The van der Waals surface area contributed by atoms with Gasteiger partial charge in [-0.05, 0) is 55.9 Å². The third-order valence-corrected chi connectivity index (χ3v) is 3.59. The van der Waals surface area contributed by atoms with Crippen LogP contribution in [-0.4, -0.2) is 36.8 Å². The normalized spacial score (nSPS) is 10.8. The summed E-state index contributed by atoms with van der Waals surface area (Å²) in [6.45, 7) is -0.735. The van der Waals surface area contributed by atoms with Crippen LogP contribution < -0.4 is 10.1 Å². The zero-order chi connectivity index (χ0) is 19.1. The summed E-state index contributed by atoms with van der Waals surface area (Å²) in [7, 11) is 1.78. The molecule has 0 radical (unpaired) electrons. The number of likely N-dealkylation sites (N-methyl/N-ethyl adjacent to an activating group) is 1. The van der Waals surface area contributed by atoms with Gasteiger partial charge in [0, 0.05) is 17.8 Å². The fraction of sp³-hybridized carbons (Fsp3) is 0.263. The number of anilines is 1. The lowest BCUT2D eigenvalue weighted by Crippen LogP contribution is -2.29. The van der Waals surface area contributed by atoms with Gasteiger partial charge in [-0.15, -0.1) is 0 Å². The van der Waals surface area contributed by atoms with Gasteiger partial charge in [0.25, 0.3) is 0 Å². The minimum absolute atomic E-state index is 0.0346. The standard InChI is InChI=1S/C19H20F2N2O3/c1-13(24)15-5-7-16(8-6-15)22-18(25)12-23(2)11-14-3-9-17(10-4-14)26-19(20)21/h3-10,19H,11-12H2,1-2H3,(H,22,25). The molecule has 0 aromatic heterocycles. The van der Waals surface area contributed by atoms with Crippen LogP contribution in [0.3, 0.4) is 0 Å². The Balaban J connectivity index is 1.83. The number of benzene rings is 2. The van der Waals surface area contributed by atoms with Gasteiger partial charge in [-0.25, -0.2) is 0 Å².